The van der Waals surface area contributed by atoms with E-state index in [2.05, 4.69) is 10.2 Å². The van der Waals surface area contributed by atoms with Crippen molar-refractivity contribution < 1.29 is 19.1 Å². The van der Waals surface area contributed by atoms with Crippen LogP contribution in [0.2, 0.25) is 0 Å². The van der Waals surface area contributed by atoms with E-state index < -0.39 is 0 Å². The molecule has 4 rings (SSSR count). The summed E-state index contributed by atoms with van der Waals surface area (Å²) in [5, 5.41) is 2.82. The van der Waals surface area contributed by atoms with Gasteiger partial charge in [-0.1, -0.05) is 18.2 Å². The van der Waals surface area contributed by atoms with Gasteiger partial charge in [0.2, 0.25) is 11.8 Å². The zero-order valence-corrected chi connectivity index (χ0v) is 16.7. The van der Waals surface area contributed by atoms with E-state index in [-0.39, 0.29) is 30.9 Å². The third kappa shape index (κ3) is 3.78. The fourth-order valence-corrected chi connectivity index (χ4v) is 4.18. The minimum atomic E-state index is -0.174. The average Bonchev–Trinajstić information content (AvgIpc) is 3.20. The van der Waals surface area contributed by atoms with Gasteiger partial charge in [-0.25, -0.2) is 0 Å². The predicted molar refractivity (Wildman–Crippen MR) is 111 cm³/mol. The standard InChI is InChI=1S/C22H25N3O4/c1-28-15-9-10-16(20(12-15)29-2)18-8-5-11-24(18)14-22(27)25-13-21(26)23-17-6-3-4-7-19(17)25/h3-4,6-7,9-10,12,18H,5,8,11,13-14H2,1-2H3,(H,23,26)/t18-/m0/s1. The van der Waals surface area contributed by atoms with Gasteiger partial charge < -0.3 is 14.8 Å². The van der Waals surface area contributed by atoms with Gasteiger partial charge in [0, 0.05) is 17.7 Å². The van der Waals surface area contributed by atoms with Gasteiger partial charge in [-0.05, 0) is 37.6 Å². The Morgan fingerprint density at radius 1 is 1.17 bits per heavy atom. The lowest BCUT2D eigenvalue weighted by Crippen LogP contribution is -2.46. The molecule has 1 fully saturated rings. The Bertz CT molecular complexity index is 930. The third-order valence-corrected chi connectivity index (χ3v) is 5.57. The van der Waals surface area contributed by atoms with Gasteiger partial charge in [0.25, 0.3) is 0 Å². The normalized spacial score (nSPS) is 18.9. The van der Waals surface area contributed by atoms with Crippen molar-refractivity contribution in [3.63, 3.8) is 0 Å². The van der Waals surface area contributed by atoms with Gasteiger partial charge in [0.15, 0.2) is 0 Å². The number of carbonyl (C=O) groups excluding carboxylic acids is 2. The number of nitrogens with one attached hydrogen (secondary N) is 1. The highest BCUT2D eigenvalue weighted by Crippen LogP contribution is 2.39. The molecule has 1 atom stereocenters. The maximum Gasteiger partial charge on any atom is 0.244 e. The van der Waals surface area contributed by atoms with E-state index in [9.17, 15) is 9.59 Å². The molecule has 2 aromatic rings. The first-order valence-corrected chi connectivity index (χ1v) is 9.76. The number of para-hydroxylation sites is 2. The Labute approximate surface area is 170 Å². The van der Waals surface area contributed by atoms with Crippen molar-refractivity contribution in [3.8, 4) is 11.5 Å². The lowest BCUT2D eigenvalue weighted by Gasteiger charge is -2.32. The van der Waals surface area contributed by atoms with Crippen LogP contribution in [0.3, 0.4) is 0 Å². The summed E-state index contributed by atoms with van der Waals surface area (Å²) < 4.78 is 10.9. The molecule has 7 nitrogen and oxygen atoms in total. The predicted octanol–water partition coefficient (Wildman–Crippen LogP) is 2.83. The Morgan fingerprint density at radius 2 is 2.00 bits per heavy atom. The number of amides is 2. The van der Waals surface area contributed by atoms with Crippen LogP contribution in [0.15, 0.2) is 42.5 Å². The summed E-state index contributed by atoms with van der Waals surface area (Å²) in [5.74, 6) is 1.25. The Balaban J connectivity index is 1.55. The van der Waals surface area contributed by atoms with Crippen LogP contribution in [0.4, 0.5) is 11.4 Å². The third-order valence-electron chi connectivity index (χ3n) is 5.57. The molecule has 0 bridgehead atoms. The van der Waals surface area contributed by atoms with Crippen LogP contribution in [0.5, 0.6) is 11.5 Å². The lowest BCUT2D eigenvalue weighted by molar-refractivity contribution is -0.122. The summed E-state index contributed by atoms with van der Waals surface area (Å²) in [7, 11) is 3.27. The van der Waals surface area contributed by atoms with Crippen molar-refractivity contribution in [2.45, 2.75) is 18.9 Å². The van der Waals surface area contributed by atoms with Crippen molar-refractivity contribution in [1.82, 2.24) is 4.90 Å². The molecule has 2 amide bonds. The molecular formula is C22H25N3O4. The zero-order chi connectivity index (χ0) is 20.4. The second-order valence-corrected chi connectivity index (χ2v) is 7.28. The molecule has 1 saturated heterocycles. The first kappa shape index (κ1) is 19.3. The van der Waals surface area contributed by atoms with Crippen LogP contribution in [0.25, 0.3) is 0 Å². The molecule has 0 unspecified atom stereocenters. The summed E-state index contributed by atoms with van der Waals surface area (Å²) in [5.41, 5.74) is 2.47. The largest absolute Gasteiger partial charge is 0.497 e. The first-order valence-electron chi connectivity index (χ1n) is 9.76. The van der Waals surface area contributed by atoms with Crippen molar-refractivity contribution >= 4 is 23.2 Å². The Hall–Kier alpha value is -3.06. The van der Waals surface area contributed by atoms with Crippen LogP contribution in [-0.4, -0.2) is 50.6 Å². The number of likely N-dealkylation sites (tertiary alicyclic amines) is 1. The van der Waals surface area contributed by atoms with Crippen molar-refractivity contribution in [3.05, 3.63) is 48.0 Å². The lowest BCUT2D eigenvalue weighted by atomic mass is 10.0. The van der Waals surface area contributed by atoms with Gasteiger partial charge in [0.05, 0.1) is 32.1 Å². The quantitative estimate of drug-likeness (QED) is 0.843. The number of rotatable bonds is 5. The SMILES string of the molecule is COc1ccc([C@@H]2CCCN2CC(=O)N2CC(=O)Nc3ccccc32)c(OC)c1. The molecule has 2 aliphatic rings. The molecule has 0 radical (unpaired) electrons. The van der Waals surface area contributed by atoms with Crippen molar-refractivity contribution in [1.29, 1.82) is 0 Å². The van der Waals surface area contributed by atoms with Gasteiger partial charge in [-0.15, -0.1) is 0 Å². The molecule has 0 saturated carbocycles. The molecule has 29 heavy (non-hydrogen) atoms. The van der Waals surface area contributed by atoms with Crippen molar-refractivity contribution in [2.24, 2.45) is 0 Å². The number of benzene rings is 2. The number of hydrogen-bond acceptors (Lipinski definition) is 5. The van der Waals surface area contributed by atoms with Crippen LogP contribution in [0.1, 0.15) is 24.4 Å². The highest BCUT2D eigenvalue weighted by Gasteiger charge is 2.33. The molecule has 2 heterocycles. The minimum absolute atomic E-state index is 0.0419. The Morgan fingerprint density at radius 3 is 2.79 bits per heavy atom. The summed E-state index contributed by atoms with van der Waals surface area (Å²) >= 11 is 0. The highest BCUT2D eigenvalue weighted by molar-refractivity contribution is 6.10. The zero-order valence-electron chi connectivity index (χ0n) is 16.7. The summed E-state index contributed by atoms with van der Waals surface area (Å²) in [6, 6.07) is 13.3. The number of hydrogen-bond donors (Lipinski definition) is 1. The Kier molecular flexibility index (Phi) is 5.40. The molecule has 2 aliphatic heterocycles. The summed E-state index contributed by atoms with van der Waals surface area (Å²) in [4.78, 5) is 29.0. The van der Waals surface area contributed by atoms with Crippen molar-refractivity contribution in [2.75, 3.05) is 44.1 Å². The van der Waals surface area contributed by atoms with Crippen LogP contribution >= 0.6 is 0 Å². The summed E-state index contributed by atoms with van der Waals surface area (Å²) in [6.07, 6.45) is 1.96. The van der Waals surface area contributed by atoms with Crippen LogP contribution in [-0.2, 0) is 9.59 Å². The molecular weight excluding hydrogens is 370 g/mol. The number of nitrogens with zero attached hydrogens (tertiary/aromatic N) is 2. The number of fused-ring (bicyclic) bond motifs is 1. The number of methoxy groups -OCH3 is 2. The van der Waals surface area contributed by atoms with E-state index in [1.165, 1.54) is 0 Å². The molecule has 0 spiro atoms. The average molecular weight is 395 g/mol. The molecule has 7 heteroatoms. The molecule has 0 aliphatic carbocycles. The minimum Gasteiger partial charge on any atom is -0.497 e. The smallest absolute Gasteiger partial charge is 0.244 e. The maximum atomic E-state index is 13.1. The number of carbonyl (C=O) groups is 2. The van der Waals surface area contributed by atoms with E-state index in [0.29, 0.717) is 5.69 Å². The maximum absolute atomic E-state index is 13.1. The van der Waals surface area contributed by atoms with Crippen LogP contribution in [0, 0.1) is 0 Å². The molecule has 152 valence electrons. The van der Waals surface area contributed by atoms with E-state index in [1.807, 2.05) is 42.5 Å². The van der Waals surface area contributed by atoms with Gasteiger partial charge >= 0.3 is 0 Å². The van der Waals surface area contributed by atoms with Crippen LogP contribution < -0.4 is 19.7 Å². The van der Waals surface area contributed by atoms with E-state index in [0.717, 1.165) is 42.1 Å². The van der Waals surface area contributed by atoms with Gasteiger partial charge in [-0.3, -0.25) is 19.4 Å². The van der Waals surface area contributed by atoms with E-state index in [1.54, 1.807) is 19.1 Å². The topological polar surface area (TPSA) is 71.1 Å². The first-order chi connectivity index (χ1) is 14.1. The fourth-order valence-electron chi connectivity index (χ4n) is 4.18. The summed E-state index contributed by atoms with van der Waals surface area (Å²) in [6.45, 7) is 1.12. The molecule has 2 aromatic carbocycles. The molecule has 1 N–H and O–H groups in total. The highest BCUT2D eigenvalue weighted by atomic mass is 16.5. The number of anilines is 2. The number of ether oxygens (including phenoxy) is 2. The monoisotopic (exact) mass is 395 g/mol. The fraction of sp³-hybridized carbons (Fsp3) is 0.364. The second kappa shape index (κ2) is 8.13. The molecule has 0 aromatic heterocycles. The van der Waals surface area contributed by atoms with E-state index in [4.69, 9.17) is 9.47 Å². The van der Waals surface area contributed by atoms with E-state index >= 15 is 0 Å². The van der Waals surface area contributed by atoms with Gasteiger partial charge in [0.1, 0.15) is 18.0 Å². The second-order valence-electron chi connectivity index (χ2n) is 7.28. The van der Waals surface area contributed by atoms with Gasteiger partial charge in [-0.2, -0.15) is 0 Å².